The minimum atomic E-state index is -0.501. The Morgan fingerprint density at radius 3 is 2.21 bits per heavy atom. The molecule has 184 valence electrons. The van der Waals surface area contributed by atoms with Gasteiger partial charge in [0, 0.05) is 43.8 Å². The molecule has 0 saturated carbocycles. The summed E-state index contributed by atoms with van der Waals surface area (Å²) in [5, 5.41) is 3.86. The summed E-state index contributed by atoms with van der Waals surface area (Å²) in [5.74, 6) is 0.380. The number of rotatable bonds is 3. The molecule has 8 aromatic rings. The van der Waals surface area contributed by atoms with Crippen molar-refractivity contribution in [1.82, 2.24) is 15.0 Å². The van der Waals surface area contributed by atoms with Gasteiger partial charge in [-0.05, 0) is 30.3 Å². The molecule has 0 saturated heterocycles. The van der Waals surface area contributed by atoms with Crippen LogP contribution in [0.25, 0.3) is 78.0 Å². The third-order valence-electron chi connectivity index (χ3n) is 6.70. The standard InChI is InChI=1S/C33H18ClN3O2/c34-20-16-17-23-28(18-20)38-27-15-7-12-24(29(23)27)32-35-31(19-8-2-1-3-9-19)36-33(37-32)25-13-6-11-22-21-10-4-5-14-26(21)39-30(22)25/h1-18H/i1D,2D,3D,8D,9D. The molecule has 6 heteroatoms. The van der Waals surface area contributed by atoms with E-state index in [1.54, 1.807) is 12.1 Å². The Labute approximate surface area is 234 Å². The van der Waals surface area contributed by atoms with Gasteiger partial charge in [-0.3, -0.25) is 0 Å². The van der Waals surface area contributed by atoms with E-state index in [4.69, 9.17) is 42.2 Å². The number of fused-ring (bicyclic) bond motifs is 6. The molecule has 0 fully saturated rings. The second-order valence-corrected chi connectivity index (χ2v) is 9.44. The molecule has 5 aromatic carbocycles. The molecule has 0 bridgehead atoms. The summed E-state index contributed by atoms with van der Waals surface area (Å²) in [4.78, 5) is 14.3. The molecule has 0 atom stereocenters. The fraction of sp³-hybridized carbons (Fsp3) is 0. The second kappa shape index (κ2) is 8.51. The molecule has 0 unspecified atom stereocenters. The van der Waals surface area contributed by atoms with E-state index in [0.717, 1.165) is 21.5 Å². The summed E-state index contributed by atoms with van der Waals surface area (Å²) in [7, 11) is 0. The zero-order valence-corrected chi connectivity index (χ0v) is 20.8. The van der Waals surface area contributed by atoms with Gasteiger partial charge in [0.05, 0.1) is 12.4 Å². The lowest BCUT2D eigenvalue weighted by atomic mass is 10.0. The van der Waals surface area contributed by atoms with Gasteiger partial charge in [0.1, 0.15) is 22.3 Å². The van der Waals surface area contributed by atoms with Crippen molar-refractivity contribution in [2.45, 2.75) is 0 Å². The van der Waals surface area contributed by atoms with Gasteiger partial charge in [-0.15, -0.1) is 0 Å². The Kier molecular flexibility index (Phi) is 3.82. The van der Waals surface area contributed by atoms with E-state index in [1.165, 1.54) is 0 Å². The first kappa shape index (κ1) is 17.5. The number of aromatic nitrogens is 3. The topological polar surface area (TPSA) is 65.0 Å². The minimum absolute atomic E-state index is 0.0667. The van der Waals surface area contributed by atoms with Gasteiger partial charge in [-0.25, -0.2) is 15.0 Å². The zero-order valence-electron chi connectivity index (χ0n) is 25.0. The quantitative estimate of drug-likeness (QED) is 0.228. The number of para-hydroxylation sites is 2. The lowest BCUT2D eigenvalue weighted by Gasteiger charge is -2.09. The second-order valence-electron chi connectivity index (χ2n) is 9.01. The van der Waals surface area contributed by atoms with Gasteiger partial charge in [0.15, 0.2) is 17.5 Å². The monoisotopic (exact) mass is 528 g/mol. The summed E-state index contributed by atoms with van der Waals surface area (Å²) in [6.07, 6.45) is 0. The van der Waals surface area contributed by atoms with Crippen LogP contribution in [-0.2, 0) is 0 Å². The number of hydrogen-bond acceptors (Lipinski definition) is 5. The van der Waals surface area contributed by atoms with Crippen molar-refractivity contribution in [3.63, 3.8) is 0 Å². The van der Waals surface area contributed by atoms with Gasteiger partial charge in [-0.2, -0.15) is 0 Å². The van der Waals surface area contributed by atoms with Crippen LogP contribution < -0.4 is 0 Å². The molecule has 0 amide bonds. The Morgan fingerprint density at radius 2 is 1.31 bits per heavy atom. The van der Waals surface area contributed by atoms with Gasteiger partial charge in [0.25, 0.3) is 0 Å². The maximum Gasteiger partial charge on any atom is 0.167 e. The molecule has 8 rings (SSSR count). The number of hydrogen-bond donors (Lipinski definition) is 0. The molecule has 0 aliphatic heterocycles. The van der Waals surface area contributed by atoms with Crippen molar-refractivity contribution in [2.24, 2.45) is 0 Å². The lowest BCUT2D eigenvalue weighted by Crippen LogP contribution is -2.00. The minimum Gasteiger partial charge on any atom is -0.456 e. The predicted molar refractivity (Wildman–Crippen MR) is 156 cm³/mol. The van der Waals surface area contributed by atoms with Crippen LogP contribution in [0.15, 0.2) is 118 Å². The van der Waals surface area contributed by atoms with E-state index in [9.17, 15) is 0 Å². The Morgan fingerprint density at radius 1 is 0.590 bits per heavy atom. The molecule has 5 nitrogen and oxygen atoms in total. The van der Waals surface area contributed by atoms with E-state index in [2.05, 4.69) is 0 Å². The first-order valence-corrected chi connectivity index (χ1v) is 12.5. The highest BCUT2D eigenvalue weighted by Gasteiger charge is 2.20. The predicted octanol–water partition coefficient (Wildman–Crippen LogP) is 9.32. The van der Waals surface area contributed by atoms with Crippen molar-refractivity contribution in [1.29, 1.82) is 0 Å². The fourth-order valence-corrected chi connectivity index (χ4v) is 5.16. The van der Waals surface area contributed by atoms with Crippen molar-refractivity contribution < 1.29 is 15.7 Å². The van der Waals surface area contributed by atoms with Gasteiger partial charge in [0.2, 0.25) is 0 Å². The van der Waals surface area contributed by atoms with Gasteiger partial charge < -0.3 is 8.83 Å². The van der Waals surface area contributed by atoms with Crippen LogP contribution in [0.5, 0.6) is 0 Å². The first-order valence-electron chi connectivity index (χ1n) is 14.7. The maximum atomic E-state index is 8.64. The fourth-order valence-electron chi connectivity index (χ4n) is 5.00. The average Bonchev–Trinajstić information content (AvgIpc) is 3.60. The van der Waals surface area contributed by atoms with Crippen LogP contribution in [0.1, 0.15) is 6.85 Å². The molecule has 0 radical (unpaired) electrons. The van der Waals surface area contributed by atoms with E-state index in [0.29, 0.717) is 38.5 Å². The molecule has 0 spiro atoms. The number of nitrogens with zero attached hydrogens (tertiary/aromatic N) is 3. The summed E-state index contributed by atoms with van der Waals surface area (Å²) < 4.78 is 54.3. The smallest absolute Gasteiger partial charge is 0.167 e. The molecule has 3 heterocycles. The summed E-state index contributed by atoms with van der Waals surface area (Å²) in [6, 6.07) is 21.9. The van der Waals surface area contributed by atoms with Crippen molar-refractivity contribution >= 4 is 55.5 Å². The Hall–Kier alpha value is -5.00. The normalized spacial score (nSPS) is 13.5. The highest BCUT2D eigenvalue weighted by atomic mass is 35.5. The van der Waals surface area contributed by atoms with Crippen molar-refractivity contribution in [2.75, 3.05) is 0 Å². The largest absolute Gasteiger partial charge is 0.456 e. The number of furan rings is 2. The lowest BCUT2D eigenvalue weighted by molar-refractivity contribution is 0.668. The first-order chi connectivity index (χ1) is 21.3. The SMILES string of the molecule is [2H]c1c([2H])c([2H])c(-c2nc(-c3cccc4c3oc3ccccc34)nc(-c3cccc4oc5cc(Cl)ccc5c34)n2)c([2H])c1[2H]. The van der Waals surface area contributed by atoms with Crippen molar-refractivity contribution in [3.8, 4) is 34.2 Å². The van der Waals surface area contributed by atoms with Crippen LogP contribution in [0.3, 0.4) is 0 Å². The molecule has 0 aliphatic rings. The van der Waals surface area contributed by atoms with Crippen LogP contribution in [0, 0.1) is 0 Å². The molecular formula is C33H18ClN3O2. The van der Waals surface area contributed by atoms with Crippen LogP contribution in [0.2, 0.25) is 5.02 Å². The maximum absolute atomic E-state index is 8.64. The molecule has 3 aromatic heterocycles. The molecule has 0 N–H and O–H groups in total. The summed E-state index contributed by atoms with van der Waals surface area (Å²) in [6.45, 7) is 0. The van der Waals surface area contributed by atoms with Crippen LogP contribution in [-0.4, -0.2) is 15.0 Å². The highest BCUT2D eigenvalue weighted by molar-refractivity contribution is 6.31. The Balaban J connectivity index is 1.48. The average molecular weight is 529 g/mol. The highest BCUT2D eigenvalue weighted by Crippen LogP contribution is 2.39. The summed E-state index contributed by atoms with van der Waals surface area (Å²) >= 11 is 6.24. The molecule has 0 aliphatic carbocycles. The van der Waals surface area contributed by atoms with E-state index in [1.807, 2.05) is 66.7 Å². The third-order valence-corrected chi connectivity index (χ3v) is 6.94. The van der Waals surface area contributed by atoms with E-state index >= 15 is 0 Å². The van der Waals surface area contributed by atoms with E-state index in [-0.39, 0.29) is 23.0 Å². The molecule has 39 heavy (non-hydrogen) atoms. The summed E-state index contributed by atoms with van der Waals surface area (Å²) in [5.41, 5.74) is 3.47. The van der Waals surface area contributed by atoms with Gasteiger partial charge in [-0.1, -0.05) is 84.3 Å². The molecular weight excluding hydrogens is 506 g/mol. The number of halogens is 1. The van der Waals surface area contributed by atoms with E-state index < -0.39 is 30.2 Å². The van der Waals surface area contributed by atoms with Crippen LogP contribution >= 0.6 is 11.6 Å². The Bertz CT molecular complexity index is 2460. The van der Waals surface area contributed by atoms with Crippen LogP contribution in [0.4, 0.5) is 0 Å². The number of benzene rings is 5. The van der Waals surface area contributed by atoms with Gasteiger partial charge >= 0.3 is 0 Å². The third kappa shape index (κ3) is 3.51. The zero-order chi connectivity index (χ0) is 30.3. The van der Waals surface area contributed by atoms with Crippen molar-refractivity contribution in [3.05, 3.63) is 114 Å².